The molecule has 2 nitrogen and oxygen atoms in total. The van der Waals surface area contributed by atoms with E-state index in [0.29, 0.717) is 11.3 Å². The van der Waals surface area contributed by atoms with Gasteiger partial charge in [0.2, 0.25) is 0 Å². The molecule has 1 aliphatic rings. The molecule has 0 saturated heterocycles. The molecule has 11 heavy (non-hydrogen) atoms. The summed E-state index contributed by atoms with van der Waals surface area (Å²) in [7, 11) is 0. The van der Waals surface area contributed by atoms with Crippen molar-refractivity contribution in [3.05, 3.63) is 10.0 Å². The first kappa shape index (κ1) is 7.50. The van der Waals surface area contributed by atoms with Gasteiger partial charge < -0.3 is 0 Å². The Kier molecular flexibility index (Phi) is 1.65. The second-order valence-corrected chi connectivity index (χ2v) is 4.52. The Morgan fingerprint density at radius 1 is 1.55 bits per heavy atom. The summed E-state index contributed by atoms with van der Waals surface area (Å²) in [6.07, 6.45) is 2.51. The van der Waals surface area contributed by atoms with Crippen molar-refractivity contribution in [2.24, 2.45) is 0 Å². The van der Waals surface area contributed by atoms with Crippen molar-refractivity contribution in [2.75, 3.05) is 0 Å². The van der Waals surface area contributed by atoms with Crippen molar-refractivity contribution in [3.63, 3.8) is 0 Å². The standard InChI is InChI=1S/C7H9ClN2S/c1-7(2-3-7)6-10-9-5(4-8)11-6/h2-4H2,1H3. The van der Waals surface area contributed by atoms with Gasteiger partial charge in [0.05, 0.1) is 5.88 Å². The third kappa shape index (κ3) is 1.27. The minimum Gasteiger partial charge on any atom is -0.143 e. The van der Waals surface area contributed by atoms with Gasteiger partial charge in [-0.05, 0) is 12.8 Å². The van der Waals surface area contributed by atoms with Crippen LogP contribution >= 0.6 is 22.9 Å². The molecule has 0 aliphatic heterocycles. The number of hydrogen-bond donors (Lipinski definition) is 0. The summed E-state index contributed by atoms with van der Waals surface area (Å²) in [6, 6.07) is 0. The summed E-state index contributed by atoms with van der Waals surface area (Å²) >= 11 is 7.27. The van der Waals surface area contributed by atoms with E-state index in [2.05, 4.69) is 17.1 Å². The lowest BCUT2D eigenvalue weighted by atomic mass is 10.2. The van der Waals surface area contributed by atoms with E-state index in [1.807, 2.05) is 0 Å². The Morgan fingerprint density at radius 3 is 2.73 bits per heavy atom. The van der Waals surface area contributed by atoms with Crippen LogP contribution in [0.1, 0.15) is 29.8 Å². The summed E-state index contributed by atoms with van der Waals surface area (Å²) in [5.74, 6) is 0.494. The van der Waals surface area contributed by atoms with Crippen LogP contribution in [0.15, 0.2) is 0 Å². The van der Waals surface area contributed by atoms with Gasteiger partial charge in [-0.2, -0.15) is 0 Å². The Morgan fingerprint density at radius 2 is 2.27 bits per heavy atom. The molecule has 0 spiro atoms. The van der Waals surface area contributed by atoms with E-state index in [-0.39, 0.29) is 0 Å². The molecule has 1 aromatic heterocycles. The van der Waals surface area contributed by atoms with E-state index in [0.717, 1.165) is 10.0 Å². The summed E-state index contributed by atoms with van der Waals surface area (Å²) in [5, 5.41) is 10.2. The van der Waals surface area contributed by atoms with Gasteiger partial charge in [0.1, 0.15) is 10.0 Å². The van der Waals surface area contributed by atoms with E-state index in [1.165, 1.54) is 12.8 Å². The Labute approximate surface area is 74.6 Å². The molecule has 0 aromatic carbocycles. The second-order valence-electron chi connectivity index (χ2n) is 3.20. The Hall–Kier alpha value is -0.150. The lowest BCUT2D eigenvalue weighted by molar-refractivity contribution is 0.755. The number of nitrogens with zero attached hydrogens (tertiary/aromatic N) is 2. The molecule has 1 fully saturated rings. The van der Waals surface area contributed by atoms with E-state index >= 15 is 0 Å². The lowest BCUT2D eigenvalue weighted by Gasteiger charge is -1.98. The maximum absolute atomic E-state index is 5.62. The third-order valence-electron chi connectivity index (χ3n) is 2.10. The summed E-state index contributed by atoms with van der Waals surface area (Å²) in [4.78, 5) is 0. The van der Waals surface area contributed by atoms with Crippen molar-refractivity contribution in [3.8, 4) is 0 Å². The largest absolute Gasteiger partial charge is 0.143 e. The van der Waals surface area contributed by atoms with E-state index in [4.69, 9.17) is 11.6 Å². The molecule has 0 bridgehead atoms. The van der Waals surface area contributed by atoms with Crippen LogP contribution in [0.5, 0.6) is 0 Å². The predicted octanol–water partition coefficient (Wildman–Crippen LogP) is 2.33. The molecule has 0 N–H and O–H groups in total. The fourth-order valence-corrected chi connectivity index (χ4v) is 2.06. The number of rotatable bonds is 2. The first-order valence-corrected chi connectivity index (χ1v) is 4.98. The minimum atomic E-state index is 0.349. The summed E-state index contributed by atoms with van der Waals surface area (Å²) < 4.78 is 0. The zero-order chi connectivity index (χ0) is 7.90. The second kappa shape index (κ2) is 2.42. The van der Waals surface area contributed by atoms with Crippen molar-refractivity contribution in [1.29, 1.82) is 0 Å². The van der Waals surface area contributed by atoms with Gasteiger partial charge in [-0.3, -0.25) is 0 Å². The first-order chi connectivity index (χ1) is 5.24. The quantitative estimate of drug-likeness (QED) is 0.666. The molecule has 1 aromatic rings. The number of aromatic nitrogens is 2. The van der Waals surface area contributed by atoms with E-state index in [9.17, 15) is 0 Å². The highest BCUT2D eigenvalue weighted by Crippen LogP contribution is 2.48. The smallest absolute Gasteiger partial charge is 0.132 e. The topological polar surface area (TPSA) is 25.8 Å². The van der Waals surface area contributed by atoms with Crippen molar-refractivity contribution < 1.29 is 0 Å². The van der Waals surface area contributed by atoms with Crippen LogP contribution in [0.3, 0.4) is 0 Å². The molecular weight excluding hydrogens is 180 g/mol. The van der Waals surface area contributed by atoms with Crippen molar-refractivity contribution in [2.45, 2.75) is 31.1 Å². The van der Waals surface area contributed by atoms with Crippen LogP contribution in [0.25, 0.3) is 0 Å². The molecule has 1 saturated carbocycles. The number of halogens is 1. The average Bonchev–Trinajstić information content (AvgIpc) is 2.61. The number of hydrogen-bond acceptors (Lipinski definition) is 3. The van der Waals surface area contributed by atoms with Crippen LogP contribution in [0, 0.1) is 0 Å². The van der Waals surface area contributed by atoms with Crippen molar-refractivity contribution in [1.82, 2.24) is 10.2 Å². The Bertz CT molecular complexity index is 267. The van der Waals surface area contributed by atoms with Gasteiger partial charge >= 0.3 is 0 Å². The van der Waals surface area contributed by atoms with Gasteiger partial charge in [0, 0.05) is 5.41 Å². The third-order valence-corrected chi connectivity index (χ3v) is 3.74. The zero-order valence-corrected chi connectivity index (χ0v) is 7.87. The summed E-state index contributed by atoms with van der Waals surface area (Å²) in [6.45, 7) is 2.23. The van der Waals surface area contributed by atoms with Crippen LogP contribution < -0.4 is 0 Å². The monoisotopic (exact) mass is 188 g/mol. The van der Waals surface area contributed by atoms with Crippen LogP contribution in [-0.4, -0.2) is 10.2 Å². The van der Waals surface area contributed by atoms with E-state index < -0.39 is 0 Å². The molecule has 60 valence electrons. The van der Waals surface area contributed by atoms with Crippen LogP contribution in [0.4, 0.5) is 0 Å². The zero-order valence-electron chi connectivity index (χ0n) is 6.30. The predicted molar refractivity (Wildman–Crippen MR) is 46.1 cm³/mol. The fourth-order valence-electron chi connectivity index (χ4n) is 0.953. The van der Waals surface area contributed by atoms with Crippen LogP contribution in [-0.2, 0) is 11.3 Å². The molecule has 0 unspecified atom stereocenters. The molecule has 0 atom stereocenters. The molecule has 0 radical (unpaired) electrons. The first-order valence-electron chi connectivity index (χ1n) is 3.63. The SMILES string of the molecule is CC1(c2nnc(CCl)s2)CC1. The lowest BCUT2D eigenvalue weighted by Crippen LogP contribution is -1.97. The highest BCUT2D eigenvalue weighted by Gasteiger charge is 2.42. The molecule has 1 aliphatic carbocycles. The van der Waals surface area contributed by atoms with Gasteiger partial charge in [-0.1, -0.05) is 18.3 Å². The van der Waals surface area contributed by atoms with Gasteiger partial charge in [-0.25, -0.2) is 0 Å². The highest BCUT2D eigenvalue weighted by atomic mass is 35.5. The van der Waals surface area contributed by atoms with Crippen LogP contribution in [0.2, 0.25) is 0 Å². The molecule has 1 heterocycles. The normalized spacial score (nSPS) is 20.2. The van der Waals surface area contributed by atoms with E-state index in [1.54, 1.807) is 11.3 Å². The fraction of sp³-hybridized carbons (Fsp3) is 0.714. The van der Waals surface area contributed by atoms with Gasteiger partial charge in [0.25, 0.3) is 0 Å². The summed E-state index contributed by atoms with van der Waals surface area (Å²) in [5.41, 5.74) is 0.349. The maximum atomic E-state index is 5.62. The molecular formula is C7H9ClN2S. The Balaban J connectivity index is 2.25. The number of alkyl halides is 1. The highest BCUT2D eigenvalue weighted by molar-refractivity contribution is 7.11. The van der Waals surface area contributed by atoms with Gasteiger partial charge in [0.15, 0.2) is 0 Å². The molecule has 2 rings (SSSR count). The minimum absolute atomic E-state index is 0.349. The van der Waals surface area contributed by atoms with Gasteiger partial charge in [-0.15, -0.1) is 21.8 Å². The average molecular weight is 189 g/mol. The molecule has 4 heteroatoms. The van der Waals surface area contributed by atoms with Crippen molar-refractivity contribution >= 4 is 22.9 Å². The maximum Gasteiger partial charge on any atom is 0.132 e. The molecule has 0 amide bonds.